The van der Waals surface area contributed by atoms with E-state index in [0.29, 0.717) is 5.92 Å². The molecule has 0 aliphatic heterocycles. The van der Waals surface area contributed by atoms with Crippen LogP contribution in [0.25, 0.3) is 0 Å². The monoisotopic (exact) mass is 297 g/mol. The average Bonchev–Trinajstić information content (AvgIpc) is 2.58. The van der Waals surface area contributed by atoms with Crippen LogP contribution in [0.2, 0.25) is 0 Å². The van der Waals surface area contributed by atoms with Gasteiger partial charge in [-0.25, -0.2) is 0 Å². The first-order valence-electron chi connectivity index (χ1n) is 8.42. The molecule has 0 aliphatic rings. The van der Waals surface area contributed by atoms with E-state index >= 15 is 0 Å². The van der Waals surface area contributed by atoms with Crippen molar-refractivity contribution in [3.05, 3.63) is 59.4 Å². The molecule has 0 bridgehead atoms. The van der Waals surface area contributed by atoms with Crippen LogP contribution in [-0.2, 0) is 6.42 Å². The van der Waals surface area contributed by atoms with Gasteiger partial charge in [-0.05, 0) is 48.6 Å². The third-order valence-electron chi connectivity index (χ3n) is 3.96. The zero-order chi connectivity index (χ0) is 15.8. The number of hydrogen-bond donors (Lipinski definition) is 0. The fourth-order valence-corrected chi connectivity index (χ4v) is 2.46. The molecule has 1 atom stereocenters. The lowest BCUT2D eigenvalue weighted by atomic mass is 9.96. The molecule has 1 unspecified atom stereocenters. The Kier molecular flexibility index (Phi) is 6.45. The standard InChI is InChI=1S/C20H27NO/c1-4-6-7-17-8-13-20(21-15-17)16(3)18-9-11-19(12-10-18)22-14-5-2/h8-13,15-16H,4-7,14H2,1-3H3. The van der Waals surface area contributed by atoms with E-state index in [1.807, 2.05) is 6.20 Å². The largest absolute Gasteiger partial charge is 0.494 e. The number of aryl methyl sites for hydroxylation is 1. The van der Waals surface area contributed by atoms with Crippen molar-refractivity contribution in [2.24, 2.45) is 0 Å². The zero-order valence-electron chi connectivity index (χ0n) is 14.0. The summed E-state index contributed by atoms with van der Waals surface area (Å²) >= 11 is 0. The second-order valence-corrected chi connectivity index (χ2v) is 5.83. The maximum absolute atomic E-state index is 5.63. The Hall–Kier alpha value is -1.83. The van der Waals surface area contributed by atoms with Gasteiger partial charge in [-0.2, -0.15) is 0 Å². The Morgan fingerprint density at radius 2 is 1.77 bits per heavy atom. The fraction of sp³-hybridized carbons (Fsp3) is 0.450. The Morgan fingerprint density at radius 1 is 1.00 bits per heavy atom. The number of unbranched alkanes of at least 4 members (excludes halogenated alkanes) is 1. The summed E-state index contributed by atoms with van der Waals surface area (Å²) in [6, 6.07) is 12.8. The molecule has 2 rings (SSSR count). The number of rotatable bonds is 8. The van der Waals surface area contributed by atoms with Crippen molar-refractivity contribution in [2.45, 2.75) is 52.4 Å². The first-order valence-corrected chi connectivity index (χ1v) is 8.42. The SMILES string of the molecule is CCCCc1ccc(C(C)c2ccc(OCCC)cc2)nc1. The van der Waals surface area contributed by atoms with Gasteiger partial charge in [0.15, 0.2) is 0 Å². The quantitative estimate of drug-likeness (QED) is 0.654. The summed E-state index contributed by atoms with van der Waals surface area (Å²) in [5.41, 5.74) is 3.74. The van der Waals surface area contributed by atoms with Gasteiger partial charge in [0.1, 0.15) is 5.75 Å². The predicted molar refractivity (Wildman–Crippen MR) is 92.6 cm³/mol. The van der Waals surface area contributed by atoms with Crippen molar-refractivity contribution in [1.82, 2.24) is 4.98 Å². The van der Waals surface area contributed by atoms with Crippen LogP contribution < -0.4 is 4.74 Å². The summed E-state index contributed by atoms with van der Waals surface area (Å²) in [7, 11) is 0. The van der Waals surface area contributed by atoms with Gasteiger partial charge in [-0.1, -0.05) is 45.4 Å². The van der Waals surface area contributed by atoms with E-state index in [1.165, 1.54) is 24.0 Å². The van der Waals surface area contributed by atoms with Gasteiger partial charge in [-0.15, -0.1) is 0 Å². The molecule has 0 saturated heterocycles. The molecule has 118 valence electrons. The Balaban J connectivity index is 2.02. The van der Waals surface area contributed by atoms with E-state index in [0.717, 1.165) is 30.9 Å². The van der Waals surface area contributed by atoms with E-state index < -0.39 is 0 Å². The molecule has 2 heteroatoms. The third kappa shape index (κ3) is 4.59. The van der Waals surface area contributed by atoms with Gasteiger partial charge < -0.3 is 4.74 Å². The van der Waals surface area contributed by atoms with Crippen LogP contribution >= 0.6 is 0 Å². The highest BCUT2D eigenvalue weighted by Gasteiger charge is 2.10. The van der Waals surface area contributed by atoms with Crippen molar-refractivity contribution >= 4 is 0 Å². The van der Waals surface area contributed by atoms with Gasteiger partial charge >= 0.3 is 0 Å². The summed E-state index contributed by atoms with van der Waals surface area (Å²) in [5.74, 6) is 1.25. The van der Waals surface area contributed by atoms with Crippen LogP contribution in [-0.4, -0.2) is 11.6 Å². The van der Waals surface area contributed by atoms with Crippen LogP contribution in [0.1, 0.15) is 62.8 Å². The molecular weight excluding hydrogens is 270 g/mol. The number of pyridine rings is 1. The van der Waals surface area contributed by atoms with Crippen molar-refractivity contribution in [3.8, 4) is 5.75 Å². The van der Waals surface area contributed by atoms with Gasteiger partial charge in [-0.3, -0.25) is 4.98 Å². The van der Waals surface area contributed by atoms with Crippen molar-refractivity contribution < 1.29 is 4.74 Å². The first-order chi connectivity index (χ1) is 10.7. The van der Waals surface area contributed by atoms with Crippen LogP contribution in [0.4, 0.5) is 0 Å². The summed E-state index contributed by atoms with van der Waals surface area (Å²) in [4.78, 5) is 4.65. The molecule has 0 radical (unpaired) electrons. The topological polar surface area (TPSA) is 22.1 Å². The van der Waals surface area contributed by atoms with Gasteiger partial charge in [0.05, 0.1) is 6.61 Å². The second kappa shape index (κ2) is 8.57. The lowest BCUT2D eigenvalue weighted by molar-refractivity contribution is 0.317. The molecular formula is C20H27NO. The molecule has 22 heavy (non-hydrogen) atoms. The summed E-state index contributed by atoms with van der Waals surface area (Å²) in [6.07, 6.45) is 6.65. The molecule has 2 aromatic rings. The minimum absolute atomic E-state index is 0.306. The zero-order valence-corrected chi connectivity index (χ0v) is 14.0. The maximum atomic E-state index is 5.63. The van der Waals surface area contributed by atoms with Crippen LogP contribution in [0, 0.1) is 0 Å². The van der Waals surface area contributed by atoms with Gasteiger partial charge in [0.2, 0.25) is 0 Å². The van der Waals surface area contributed by atoms with Crippen LogP contribution in [0.15, 0.2) is 42.6 Å². The molecule has 2 nitrogen and oxygen atoms in total. The molecule has 0 amide bonds. The van der Waals surface area contributed by atoms with Gasteiger partial charge in [0, 0.05) is 17.8 Å². The van der Waals surface area contributed by atoms with Crippen molar-refractivity contribution in [1.29, 1.82) is 0 Å². The first kappa shape index (κ1) is 16.5. The molecule has 1 aromatic carbocycles. The highest BCUT2D eigenvalue weighted by atomic mass is 16.5. The smallest absolute Gasteiger partial charge is 0.119 e. The number of nitrogens with zero attached hydrogens (tertiary/aromatic N) is 1. The number of ether oxygens (including phenoxy) is 1. The molecule has 0 fully saturated rings. The average molecular weight is 297 g/mol. The van der Waals surface area contributed by atoms with Crippen LogP contribution in [0.3, 0.4) is 0 Å². The predicted octanol–water partition coefficient (Wildman–Crippen LogP) is 5.36. The molecule has 1 aromatic heterocycles. The molecule has 1 heterocycles. The molecule has 0 saturated carbocycles. The van der Waals surface area contributed by atoms with E-state index in [4.69, 9.17) is 4.74 Å². The lowest BCUT2D eigenvalue weighted by Crippen LogP contribution is -2.00. The number of hydrogen-bond acceptors (Lipinski definition) is 2. The maximum Gasteiger partial charge on any atom is 0.119 e. The Bertz CT molecular complexity index is 493. The minimum Gasteiger partial charge on any atom is -0.494 e. The molecule has 0 N–H and O–H groups in total. The highest BCUT2D eigenvalue weighted by Crippen LogP contribution is 2.24. The van der Waals surface area contributed by atoms with E-state index in [2.05, 4.69) is 62.2 Å². The Morgan fingerprint density at radius 3 is 2.36 bits per heavy atom. The third-order valence-corrected chi connectivity index (χ3v) is 3.96. The highest BCUT2D eigenvalue weighted by molar-refractivity contribution is 5.33. The second-order valence-electron chi connectivity index (χ2n) is 5.83. The van der Waals surface area contributed by atoms with Crippen molar-refractivity contribution in [3.63, 3.8) is 0 Å². The minimum atomic E-state index is 0.306. The van der Waals surface area contributed by atoms with E-state index in [-0.39, 0.29) is 0 Å². The van der Waals surface area contributed by atoms with E-state index in [1.54, 1.807) is 0 Å². The van der Waals surface area contributed by atoms with E-state index in [9.17, 15) is 0 Å². The summed E-state index contributed by atoms with van der Waals surface area (Å²) < 4.78 is 5.63. The molecule has 0 spiro atoms. The normalized spacial score (nSPS) is 12.1. The molecule has 0 aliphatic carbocycles. The van der Waals surface area contributed by atoms with Crippen LogP contribution in [0.5, 0.6) is 5.75 Å². The fourth-order valence-electron chi connectivity index (χ4n) is 2.46. The Labute approximate surface area is 134 Å². The van der Waals surface area contributed by atoms with Gasteiger partial charge in [0.25, 0.3) is 0 Å². The summed E-state index contributed by atoms with van der Waals surface area (Å²) in [5, 5.41) is 0. The summed E-state index contributed by atoms with van der Waals surface area (Å²) in [6.45, 7) is 7.32. The number of aromatic nitrogens is 1. The van der Waals surface area contributed by atoms with Crippen molar-refractivity contribution in [2.75, 3.05) is 6.61 Å². The lowest BCUT2D eigenvalue weighted by Gasteiger charge is -2.13. The number of benzene rings is 1.